The average molecular weight is 295 g/mol. The molecule has 0 unspecified atom stereocenters. The monoisotopic (exact) mass is 294 g/mol. The summed E-state index contributed by atoms with van der Waals surface area (Å²) in [5, 5.41) is 8.76. The first-order valence-electron chi connectivity index (χ1n) is 6.32. The van der Waals surface area contributed by atoms with Crippen molar-refractivity contribution < 1.29 is 5.11 Å². The first-order chi connectivity index (χ1) is 8.29. The molecule has 0 saturated heterocycles. The van der Waals surface area contributed by atoms with Crippen LogP contribution in [0.25, 0.3) is 0 Å². The quantitative estimate of drug-likeness (QED) is 0.826. The van der Waals surface area contributed by atoms with E-state index in [1.54, 1.807) is 0 Å². The maximum absolute atomic E-state index is 8.76. The van der Waals surface area contributed by atoms with Crippen molar-refractivity contribution in [2.45, 2.75) is 31.6 Å². The van der Waals surface area contributed by atoms with Gasteiger partial charge in [0.15, 0.2) is 0 Å². The van der Waals surface area contributed by atoms with Gasteiger partial charge in [0, 0.05) is 4.47 Å². The third-order valence-corrected chi connectivity index (χ3v) is 4.16. The van der Waals surface area contributed by atoms with Crippen LogP contribution in [0.15, 0.2) is 40.9 Å². The molecule has 92 valence electrons. The first kappa shape index (κ1) is 12.8. The third kappa shape index (κ3) is 3.68. The lowest BCUT2D eigenvalue weighted by atomic mass is 9.78. The molecule has 1 nitrogen and oxygen atoms in total. The largest absolute Gasteiger partial charge is 0.392 e. The molecule has 0 atom stereocenters. The summed E-state index contributed by atoms with van der Waals surface area (Å²) in [5.41, 5.74) is 1.47. The molecule has 1 aromatic rings. The van der Waals surface area contributed by atoms with Gasteiger partial charge in [-0.1, -0.05) is 40.2 Å². The van der Waals surface area contributed by atoms with Gasteiger partial charge in [-0.25, -0.2) is 0 Å². The minimum Gasteiger partial charge on any atom is -0.392 e. The Morgan fingerprint density at radius 3 is 2.35 bits per heavy atom. The van der Waals surface area contributed by atoms with Crippen molar-refractivity contribution in [2.24, 2.45) is 5.92 Å². The van der Waals surface area contributed by atoms with Crippen LogP contribution in [0.3, 0.4) is 0 Å². The van der Waals surface area contributed by atoms with Crippen molar-refractivity contribution >= 4 is 15.9 Å². The van der Waals surface area contributed by atoms with Gasteiger partial charge in [-0.05, 0) is 55.2 Å². The Morgan fingerprint density at radius 2 is 1.76 bits per heavy atom. The van der Waals surface area contributed by atoms with E-state index in [1.165, 1.54) is 31.2 Å². The van der Waals surface area contributed by atoms with Crippen LogP contribution in [0.2, 0.25) is 0 Å². The lowest BCUT2D eigenvalue weighted by molar-refractivity contribution is 0.337. The lowest BCUT2D eigenvalue weighted by Crippen LogP contribution is -2.11. The molecule has 2 heteroatoms. The molecule has 1 saturated carbocycles. The summed E-state index contributed by atoms with van der Waals surface area (Å²) in [6.07, 6.45) is 9.08. The SMILES string of the molecule is OC/C=C/[C@H]1CC[C@H](c2ccc(Br)cc2)CC1. The van der Waals surface area contributed by atoms with E-state index in [2.05, 4.69) is 46.3 Å². The molecule has 2 rings (SSSR count). The third-order valence-electron chi connectivity index (χ3n) is 3.63. The zero-order chi connectivity index (χ0) is 12.1. The van der Waals surface area contributed by atoms with Crippen LogP contribution < -0.4 is 0 Å². The summed E-state index contributed by atoms with van der Waals surface area (Å²) in [6.45, 7) is 0.173. The van der Waals surface area contributed by atoms with Gasteiger partial charge in [0.2, 0.25) is 0 Å². The van der Waals surface area contributed by atoms with Crippen molar-refractivity contribution in [3.8, 4) is 0 Å². The molecule has 17 heavy (non-hydrogen) atoms. The Bertz CT molecular complexity index is 361. The van der Waals surface area contributed by atoms with Crippen LogP contribution in [0.4, 0.5) is 0 Å². The molecular weight excluding hydrogens is 276 g/mol. The second kappa shape index (κ2) is 6.36. The molecule has 1 fully saturated rings. The Kier molecular flexibility index (Phi) is 4.81. The Hall–Kier alpha value is -0.600. The summed E-state index contributed by atoms with van der Waals surface area (Å²) in [7, 11) is 0. The Balaban J connectivity index is 1.90. The Morgan fingerprint density at radius 1 is 1.12 bits per heavy atom. The van der Waals surface area contributed by atoms with Gasteiger partial charge < -0.3 is 5.11 Å². The second-order valence-electron chi connectivity index (χ2n) is 4.77. The zero-order valence-electron chi connectivity index (χ0n) is 9.98. The van der Waals surface area contributed by atoms with Gasteiger partial charge in [0.05, 0.1) is 6.61 Å². The summed E-state index contributed by atoms with van der Waals surface area (Å²) < 4.78 is 1.15. The topological polar surface area (TPSA) is 20.2 Å². The fourth-order valence-electron chi connectivity index (χ4n) is 2.63. The number of aliphatic hydroxyl groups is 1. The molecule has 0 aromatic heterocycles. The molecule has 1 aliphatic rings. The number of rotatable bonds is 3. The van der Waals surface area contributed by atoms with Gasteiger partial charge in [-0.2, -0.15) is 0 Å². The lowest BCUT2D eigenvalue weighted by Gasteiger charge is -2.27. The standard InChI is InChI=1S/C15H19BrO/c16-15-9-7-14(8-10-15)13-5-3-12(4-6-13)2-1-11-17/h1-2,7-10,12-13,17H,3-6,11H2/b2-1+/t12-,13-. The summed E-state index contributed by atoms with van der Waals surface area (Å²) in [4.78, 5) is 0. The van der Waals surface area contributed by atoms with E-state index < -0.39 is 0 Å². The van der Waals surface area contributed by atoms with E-state index in [4.69, 9.17) is 5.11 Å². The fraction of sp³-hybridized carbons (Fsp3) is 0.467. The molecule has 0 spiro atoms. The molecule has 0 bridgehead atoms. The average Bonchev–Trinajstić information content (AvgIpc) is 2.38. The van der Waals surface area contributed by atoms with Crippen LogP contribution in [-0.4, -0.2) is 11.7 Å². The van der Waals surface area contributed by atoms with Gasteiger partial charge >= 0.3 is 0 Å². The minimum absolute atomic E-state index is 0.173. The minimum atomic E-state index is 0.173. The highest BCUT2D eigenvalue weighted by Gasteiger charge is 2.20. The van der Waals surface area contributed by atoms with Crippen LogP contribution in [-0.2, 0) is 0 Å². The molecule has 0 aliphatic heterocycles. The molecule has 1 aromatic carbocycles. The van der Waals surface area contributed by atoms with E-state index in [-0.39, 0.29) is 6.61 Å². The number of benzene rings is 1. The molecule has 1 aliphatic carbocycles. The first-order valence-corrected chi connectivity index (χ1v) is 7.12. The van der Waals surface area contributed by atoms with Crippen LogP contribution in [0.5, 0.6) is 0 Å². The second-order valence-corrected chi connectivity index (χ2v) is 5.69. The number of hydrogen-bond acceptors (Lipinski definition) is 1. The summed E-state index contributed by atoms with van der Waals surface area (Å²) in [6, 6.07) is 8.73. The summed E-state index contributed by atoms with van der Waals surface area (Å²) >= 11 is 3.47. The molecule has 0 radical (unpaired) electrons. The van der Waals surface area contributed by atoms with E-state index in [9.17, 15) is 0 Å². The number of halogens is 1. The van der Waals surface area contributed by atoms with Crippen molar-refractivity contribution in [1.29, 1.82) is 0 Å². The van der Waals surface area contributed by atoms with E-state index >= 15 is 0 Å². The van der Waals surface area contributed by atoms with Crippen molar-refractivity contribution in [3.63, 3.8) is 0 Å². The van der Waals surface area contributed by atoms with Gasteiger partial charge in [-0.3, -0.25) is 0 Å². The van der Waals surface area contributed by atoms with Crippen LogP contribution in [0.1, 0.15) is 37.2 Å². The molecule has 1 N–H and O–H groups in total. The van der Waals surface area contributed by atoms with Crippen molar-refractivity contribution in [3.05, 3.63) is 46.5 Å². The number of aliphatic hydroxyl groups excluding tert-OH is 1. The maximum Gasteiger partial charge on any atom is 0.0612 e. The smallest absolute Gasteiger partial charge is 0.0612 e. The van der Waals surface area contributed by atoms with Crippen LogP contribution >= 0.6 is 15.9 Å². The zero-order valence-corrected chi connectivity index (χ0v) is 11.6. The fourth-order valence-corrected chi connectivity index (χ4v) is 2.90. The normalized spacial score (nSPS) is 25.3. The number of hydrogen-bond donors (Lipinski definition) is 1. The van der Waals surface area contributed by atoms with Gasteiger partial charge in [-0.15, -0.1) is 0 Å². The predicted molar refractivity (Wildman–Crippen MR) is 75.1 cm³/mol. The molecule has 0 heterocycles. The highest BCUT2D eigenvalue weighted by atomic mass is 79.9. The van der Waals surface area contributed by atoms with Crippen molar-refractivity contribution in [1.82, 2.24) is 0 Å². The molecular formula is C15H19BrO. The van der Waals surface area contributed by atoms with E-state index in [0.29, 0.717) is 5.92 Å². The Labute approximate surface area is 112 Å². The predicted octanol–water partition coefficient (Wildman–Crippen LogP) is 4.27. The van der Waals surface area contributed by atoms with Gasteiger partial charge in [0.25, 0.3) is 0 Å². The van der Waals surface area contributed by atoms with Gasteiger partial charge in [0.1, 0.15) is 0 Å². The maximum atomic E-state index is 8.76. The van der Waals surface area contributed by atoms with E-state index in [1.807, 2.05) is 6.08 Å². The highest BCUT2D eigenvalue weighted by molar-refractivity contribution is 9.10. The summed E-state index contributed by atoms with van der Waals surface area (Å²) in [5.74, 6) is 1.40. The number of allylic oxidation sites excluding steroid dienone is 1. The highest BCUT2D eigenvalue weighted by Crippen LogP contribution is 2.36. The van der Waals surface area contributed by atoms with Crippen molar-refractivity contribution in [2.75, 3.05) is 6.61 Å². The van der Waals surface area contributed by atoms with E-state index in [0.717, 1.165) is 10.4 Å². The molecule has 0 amide bonds. The van der Waals surface area contributed by atoms with Crippen LogP contribution in [0, 0.1) is 5.92 Å².